The molecule has 1 aliphatic heterocycles. The molecule has 0 spiro atoms. The highest BCUT2D eigenvalue weighted by Gasteiger charge is 2.31. The number of halogens is 1. The minimum absolute atomic E-state index is 0.174. The second-order valence-corrected chi connectivity index (χ2v) is 6.81. The first-order valence-electron chi connectivity index (χ1n) is 7.53. The van der Waals surface area contributed by atoms with Gasteiger partial charge in [-0.2, -0.15) is 5.10 Å². The van der Waals surface area contributed by atoms with Gasteiger partial charge in [-0.3, -0.25) is 5.01 Å². The third kappa shape index (κ3) is 2.78. The minimum Gasteiger partial charge on any atom is -0.256 e. The summed E-state index contributed by atoms with van der Waals surface area (Å²) in [6, 6.07) is 22.8. The average molecular weight is 339 g/mol. The van der Waals surface area contributed by atoms with Crippen molar-refractivity contribution in [1.82, 2.24) is 0 Å². The van der Waals surface area contributed by atoms with E-state index >= 15 is 0 Å². The molecular formula is C19H15ClN2S. The maximum atomic E-state index is 6.42. The van der Waals surface area contributed by atoms with Gasteiger partial charge < -0.3 is 0 Å². The Labute approximate surface area is 144 Å². The summed E-state index contributed by atoms with van der Waals surface area (Å²) in [5.74, 6) is 0. The van der Waals surface area contributed by atoms with Crippen LogP contribution in [0.4, 0.5) is 5.69 Å². The number of nitrogens with zero attached hydrogens (tertiary/aromatic N) is 2. The number of rotatable bonds is 3. The standard InChI is InChI=1S/C19H15ClN2S/c20-15-9-4-5-10-17(15)22-18(14-7-2-1-3-8-14)13-16(21-22)19-11-6-12-23-19/h1-12,18H,13H2/t18-/m0/s1. The molecule has 3 aromatic rings. The van der Waals surface area contributed by atoms with E-state index in [0.29, 0.717) is 0 Å². The average Bonchev–Trinajstić information content (AvgIpc) is 3.26. The van der Waals surface area contributed by atoms with Crippen molar-refractivity contribution in [2.24, 2.45) is 5.10 Å². The Morgan fingerprint density at radius 3 is 2.48 bits per heavy atom. The Morgan fingerprint density at radius 2 is 1.74 bits per heavy atom. The molecule has 1 atom stereocenters. The van der Waals surface area contributed by atoms with Crippen LogP contribution < -0.4 is 5.01 Å². The summed E-state index contributed by atoms with van der Waals surface area (Å²) >= 11 is 8.15. The highest BCUT2D eigenvalue weighted by Crippen LogP contribution is 2.39. The van der Waals surface area contributed by atoms with Crippen molar-refractivity contribution in [3.8, 4) is 0 Å². The minimum atomic E-state index is 0.174. The van der Waals surface area contributed by atoms with Crippen LogP contribution in [0.25, 0.3) is 0 Å². The third-order valence-corrected chi connectivity index (χ3v) is 5.24. The van der Waals surface area contributed by atoms with Crippen LogP contribution in [-0.4, -0.2) is 5.71 Å². The zero-order valence-corrected chi connectivity index (χ0v) is 14.0. The molecule has 0 unspecified atom stereocenters. The quantitative estimate of drug-likeness (QED) is 0.593. The van der Waals surface area contributed by atoms with Crippen LogP contribution in [0.1, 0.15) is 22.9 Å². The molecule has 2 aromatic carbocycles. The van der Waals surface area contributed by atoms with Crippen LogP contribution in [0.5, 0.6) is 0 Å². The van der Waals surface area contributed by atoms with Crippen molar-refractivity contribution in [3.63, 3.8) is 0 Å². The summed E-state index contributed by atoms with van der Waals surface area (Å²) in [7, 11) is 0. The number of hydrogen-bond acceptors (Lipinski definition) is 3. The molecule has 0 saturated carbocycles. The fraction of sp³-hybridized carbons (Fsp3) is 0.105. The van der Waals surface area contributed by atoms with Crippen LogP contribution in [0.15, 0.2) is 77.2 Å². The van der Waals surface area contributed by atoms with Crippen LogP contribution in [0, 0.1) is 0 Å². The Hall–Kier alpha value is -2.10. The van der Waals surface area contributed by atoms with Gasteiger partial charge in [-0.05, 0) is 29.1 Å². The molecule has 0 radical (unpaired) electrons. The molecule has 23 heavy (non-hydrogen) atoms. The van der Waals surface area contributed by atoms with Crippen LogP contribution in [0.3, 0.4) is 0 Å². The molecule has 0 bridgehead atoms. The molecule has 1 aliphatic rings. The normalized spacial score (nSPS) is 17.3. The lowest BCUT2D eigenvalue weighted by Gasteiger charge is -2.24. The lowest BCUT2D eigenvalue weighted by molar-refractivity contribution is 0.709. The van der Waals surface area contributed by atoms with E-state index in [1.807, 2.05) is 30.3 Å². The van der Waals surface area contributed by atoms with Gasteiger partial charge in [0.25, 0.3) is 0 Å². The predicted molar refractivity (Wildman–Crippen MR) is 98.6 cm³/mol. The van der Waals surface area contributed by atoms with Gasteiger partial charge in [0.15, 0.2) is 0 Å². The monoisotopic (exact) mass is 338 g/mol. The van der Waals surface area contributed by atoms with Crippen molar-refractivity contribution >= 4 is 34.3 Å². The first-order valence-corrected chi connectivity index (χ1v) is 8.79. The molecule has 0 fully saturated rings. The molecule has 0 amide bonds. The fourth-order valence-electron chi connectivity index (χ4n) is 2.90. The summed E-state index contributed by atoms with van der Waals surface area (Å²) in [6.07, 6.45) is 0.885. The van der Waals surface area contributed by atoms with Gasteiger partial charge >= 0.3 is 0 Å². The maximum absolute atomic E-state index is 6.42. The van der Waals surface area contributed by atoms with E-state index in [1.54, 1.807) is 11.3 Å². The third-order valence-electron chi connectivity index (χ3n) is 4.00. The van der Waals surface area contributed by atoms with Gasteiger partial charge in [0, 0.05) is 6.42 Å². The first kappa shape index (κ1) is 14.5. The number of thiophene rings is 1. The van der Waals surface area contributed by atoms with E-state index in [2.05, 4.69) is 46.8 Å². The number of hydrogen-bond donors (Lipinski definition) is 0. The molecule has 4 heteroatoms. The largest absolute Gasteiger partial charge is 0.256 e. The van der Waals surface area contributed by atoms with Gasteiger partial charge in [-0.25, -0.2) is 0 Å². The second-order valence-electron chi connectivity index (χ2n) is 5.45. The second kappa shape index (κ2) is 6.19. The van der Waals surface area contributed by atoms with E-state index in [9.17, 15) is 0 Å². The Morgan fingerprint density at radius 1 is 0.957 bits per heavy atom. The van der Waals surface area contributed by atoms with Gasteiger partial charge in [-0.1, -0.05) is 60.1 Å². The number of benzene rings is 2. The van der Waals surface area contributed by atoms with Crippen LogP contribution in [-0.2, 0) is 0 Å². The van der Waals surface area contributed by atoms with E-state index < -0.39 is 0 Å². The topological polar surface area (TPSA) is 15.6 Å². The Balaban J connectivity index is 1.79. The number of anilines is 1. The summed E-state index contributed by atoms with van der Waals surface area (Å²) in [5.41, 5.74) is 3.33. The van der Waals surface area contributed by atoms with E-state index in [4.69, 9.17) is 16.7 Å². The van der Waals surface area contributed by atoms with Gasteiger partial charge in [0.2, 0.25) is 0 Å². The predicted octanol–water partition coefficient (Wildman–Crippen LogP) is 5.76. The highest BCUT2D eigenvalue weighted by molar-refractivity contribution is 7.12. The molecule has 2 heterocycles. The van der Waals surface area contributed by atoms with E-state index in [0.717, 1.165) is 22.8 Å². The SMILES string of the molecule is Clc1ccccc1N1N=C(c2cccs2)C[C@H]1c1ccccc1. The molecule has 0 aliphatic carbocycles. The maximum Gasteiger partial charge on any atom is 0.0832 e. The molecular weight excluding hydrogens is 324 g/mol. The van der Waals surface area contributed by atoms with Crippen LogP contribution in [0.2, 0.25) is 5.02 Å². The Kier molecular flexibility index (Phi) is 3.90. The summed E-state index contributed by atoms with van der Waals surface area (Å²) in [6.45, 7) is 0. The molecule has 0 N–H and O–H groups in total. The molecule has 114 valence electrons. The zero-order valence-electron chi connectivity index (χ0n) is 12.4. The number of hydrazone groups is 1. The zero-order chi connectivity index (χ0) is 15.6. The van der Waals surface area contributed by atoms with E-state index in [-0.39, 0.29) is 6.04 Å². The highest BCUT2D eigenvalue weighted by atomic mass is 35.5. The summed E-state index contributed by atoms with van der Waals surface area (Å²) in [5, 5.41) is 9.77. The summed E-state index contributed by atoms with van der Waals surface area (Å²) in [4.78, 5) is 1.22. The van der Waals surface area contributed by atoms with Crippen molar-refractivity contribution in [2.45, 2.75) is 12.5 Å². The smallest absolute Gasteiger partial charge is 0.0832 e. The van der Waals surface area contributed by atoms with Gasteiger partial charge in [0.05, 0.1) is 27.3 Å². The van der Waals surface area contributed by atoms with Crippen molar-refractivity contribution in [1.29, 1.82) is 0 Å². The number of para-hydroxylation sites is 1. The van der Waals surface area contributed by atoms with Crippen LogP contribution >= 0.6 is 22.9 Å². The molecule has 2 nitrogen and oxygen atoms in total. The molecule has 0 saturated heterocycles. The van der Waals surface area contributed by atoms with E-state index in [1.165, 1.54) is 10.4 Å². The fourth-order valence-corrected chi connectivity index (χ4v) is 3.84. The van der Waals surface area contributed by atoms with Gasteiger partial charge in [-0.15, -0.1) is 11.3 Å². The van der Waals surface area contributed by atoms with Crippen molar-refractivity contribution < 1.29 is 0 Å². The summed E-state index contributed by atoms with van der Waals surface area (Å²) < 4.78 is 0. The Bertz CT molecular complexity index is 828. The lowest BCUT2D eigenvalue weighted by atomic mass is 10.0. The van der Waals surface area contributed by atoms with Crippen molar-refractivity contribution in [3.05, 3.63) is 87.6 Å². The van der Waals surface area contributed by atoms with Crippen molar-refractivity contribution in [2.75, 3.05) is 5.01 Å². The molecule has 1 aromatic heterocycles. The van der Waals surface area contributed by atoms with Gasteiger partial charge in [0.1, 0.15) is 0 Å². The molecule has 4 rings (SSSR count). The first-order chi connectivity index (χ1) is 11.3. The lowest BCUT2D eigenvalue weighted by Crippen LogP contribution is -2.18.